The fourth-order valence-electron chi connectivity index (χ4n) is 1.78. The molecular formula is C10H10N2O2. The van der Waals surface area contributed by atoms with Crippen molar-refractivity contribution in [3.05, 3.63) is 34.9 Å². The third-order valence-corrected chi connectivity index (χ3v) is 2.58. The Morgan fingerprint density at radius 2 is 2.29 bits per heavy atom. The van der Waals surface area contributed by atoms with Crippen LogP contribution in [0.1, 0.15) is 27.6 Å². The van der Waals surface area contributed by atoms with Crippen molar-refractivity contribution in [2.24, 2.45) is 0 Å². The second-order valence-electron chi connectivity index (χ2n) is 3.67. The molecule has 0 aromatic heterocycles. The average Bonchev–Trinajstić information content (AvgIpc) is 2.92. The molecule has 0 aliphatic carbocycles. The van der Waals surface area contributed by atoms with Crippen molar-refractivity contribution in [1.29, 1.82) is 0 Å². The van der Waals surface area contributed by atoms with Crippen LogP contribution in [0.5, 0.6) is 0 Å². The molecule has 4 heteroatoms. The number of hydrazine groups is 1. The molecule has 2 heterocycles. The van der Waals surface area contributed by atoms with Gasteiger partial charge in [0.2, 0.25) is 0 Å². The van der Waals surface area contributed by atoms with Crippen LogP contribution < -0.4 is 10.9 Å². The highest BCUT2D eigenvalue weighted by Gasteiger charge is 2.44. The van der Waals surface area contributed by atoms with Crippen LogP contribution in [0.4, 0.5) is 0 Å². The molecule has 0 bridgehead atoms. The van der Waals surface area contributed by atoms with Crippen molar-refractivity contribution < 1.29 is 9.53 Å². The maximum atomic E-state index is 11.6. The molecule has 2 aliphatic rings. The number of hydrogen-bond acceptors (Lipinski definition) is 3. The van der Waals surface area contributed by atoms with E-state index in [9.17, 15) is 4.79 Å². The Kier molecular flexibility index (Phi) is 1.45. The Morgan fingerprint density at radius 1 is 1.43 bits per heavy atom. The highest BCUT2D eigenvalue weighted by Crippen LogP contribution is 2.39. The summed E-state index contributed by atoms with van der Waals surface area (Å²) in [4.78, 5) is 11.6. The number of hydrogen-bond donors (Lipinski definition) is 2. The number of carbonyl (C=O) groups excluding carboxylic acids is 1. The summed E-state index contributed by atoms with van der Waals surface area (Å²) in [6.07, 6.45) is -0.0209. The molecule has 2 N–H and O–H groups in total. The number of ether oxygens (including phenoxy) is 1. The summed E-state index contributed by atoms with van der Waals surface area (Å²) in [5.74, 6) is -0.0838. The lowest BCUT2D eigenvalue weighted by molar-refractivity contribution is 0.0921. The van der Waals surface area contributed by atoms with Crippen LogP contribution in [-0.2, 0) is 4.74 Å². The first-order valence-electron chi connectivity index (χ1n) is 4.57. The standard InChI is InChI=1S/C10H10N2O2/c1-5-2-3-6-7(4-5)9(13)11-12-10-8(6)14-10/h2-4,8,10,12H,1H3,(H,11,13). The summed E-state index contributed by atoms with van der Waals surface area (Å²) in [6, 6.07) is 5.84. The van der Waals surface area contributed by atoms with Crippen molar-refractivity contribution in [2.75, 3.05) is 0 Å². The molecule has 4 nitrogen and oxygen atoms in total. The third-order valence-electron chi connectivity index (χ3n) is 2.58. The minimum Gasteiger partial charge on any atom is -0.346 e. The van der Waals surface area contributed by atoms with E-state index in [0.29, 0.717) is 5.56 Å². The molecule has 0 spiro atoms. The monoisotopic (exact) mass is 190 g/mol. The van der Waals surface area contributed by atoms with Crippen LogP contribution in [0.2, 0.25) is 0 Å². The molecule has 3 rings (SSSR count). The highest BCUT2D eigenvalue weighted by molar-refractivity contribution is 5.96. The molecule has 1 aromatic carbocycles. The van der Waals surface area contributed by atoms with E-state index >= 15 is 0 Å². The number of epoxide rings is 1. The molecule has 2 atom stereocenters. The Labute approximate surface area is 81.2 Å². The Bertz CT molecular complexity index is 417. The van der Waals surface area contributed by atoms with Gasteiger partial charge in [0, 0.05) is 5.56 Å². The van der Waals surface area contributed by atoms with E-state index in [1.165, 1.54) is 0 Å². The first-order valence-corrected chi connectivity index (χ1v) is 4.57. The summed E-state index contributed by atoms with van der Waals surface area (Å²) >= 11 is 0. The Balaban J connectivity index is 2.16. The van der Waals surface area contributed by atoms with Gasteiger partial charge in [-0.25, -0.2) is 5.43 Å². The van der Waals surface area contributed by atoms with Crippen LogP contribution in [0.3, 0.4) is 0 Å². The van der Waals surface area contributed by atoms with Crippen LogP contribution in [0, 0.1) is 6.92 Å². The van der Waals surface area contributed by atoms with Crippen LogP contribution in [0.25, 0.3) is 0 Å². The van der Waals surface area contributed by atoms with Crippen molar-refractivity contribution in [2.45, 2.75) is 19.3 Å². The molecule has 1 fully saturated rings. The van der Waals surface area contributed by atoms with Gasteiger partial charge < -0.3 is 4.74 Å². The molecule has 1 aromatic rings. The lowest BCUT2D eigenvalue weighted by Gasteiger charge is -2.06. The van der Waals surface area contributed by atoms with Gasteiger partial charge in [-0.05, 0) is 18.6 Å². The van der Waals surface area contributed by atoms with E-state index in [2.05, 4.69) is 10.9 Å². The number of aryl methyl sites for hydroxylation is 1. The number of nitrogens with one attached hydrogen (secondary N) is 2. The SMILES string of the molecule is Cc1ccc2c(c1)C(=O)NNC1OC21. The van der Waals surface area contributed by atoms with Crippen molar-refractivity contribution in [1.82, 2.24) is 10.9 Å². The molecule has 1 amide bonds. The van der Waals surface area contributed by atoms with E-state index < -0.39 is 0 Å². The van der Waals surface area contributed by atoms with Crippen LogP contribution in [-0.4, -0.2) is 12.1 Å². The molecule has 14 heavy (non-hydrogen) atoms. The van der Waals surface area contributed by atoms with Gasteiger partial charge >= 0.3 is 0 Å². The quantitative estimate of drug-likeness (QED) is 0.590. The van der Waals surface area contributed by atoms with E-state index in [-0.39, 0.29) is 18.2 Å². The van der Waals surface area contributed by atoms with Crippen LogP contribution in [0.15, 0.2) is 18.2 Å². The van der Waals surface area contributed by atoms with Gasteiger partial charge in [0.05, 0.1) is 0 Å². The molecule has 2 unspecified atom stereocenters. The highest BCUT2D eigenvalue weighted by atomic mass is 16.6. The minimum absolute atomic E-state index is 0.0320. The number of rotatable bonds is 0. The van der Waals surface area contributed by atoms with Gasteiger partial charge in [0.15, 0.2) is 6.23 Å². The molecule has 1 saturated heterocycles. The zero-order valence-corrected chi connectivity index (χ0v) is 7.70. The summed E-state index contributed by atoms with van der Waals surface area (Å²) < 4.78 is 5.35. The third kappa shape index (κ3) is 1.05. The van der Waals surface area contributed by atoms with Gasteiger partial charge in [0.1, 0.15) is 6.10 Å². The summed E-state index contributed by atoms with van der Waals surface area (Å²) in [7, 11) is 0. The maximum Gasteiger partial charge on any atom is 0.265 e. The van der Waals surface area contributed by atoms with E-state index in [0.717, 1.165) is 11.1 Å². The summed E-state index contributed by atoms with van der Waals surface area (Å²) in [6.45, 7) is 1.97. The first kappa shape index (κ1) is 7.96. The Morgan fingerprint density at radius 3 is 3.14 bits per heavy atom. The smallest absolute Gasteiger partial charge is 0.265 e. The largest absolute Gasteiger partial charge is 0.346 e. The van der Waals surface area contributed by atoms with Gasteiger partial charge in [-0.15, -0.1) is 0 Å². The fourth-order valence-corrected chi connectivity index (χ4v) is 1.78. The fraction of sp³-hybridized carbons (Fsp3) is 0.300. The lowest BCUT2D eigenvalue weighted by atomic mass is 10.0. The number of fused-ring (bicyclic) bond motifs is 3. The number of amides is 1. The normalized spacial score (nSPS) is 28.5. The number of carbonyl (C=O) groups is 1. The topological polar surface area (TPSA) is 53.7 Å². The lowest BCUT2D eigenvalue weighted by Crippen LogP contribution is -2.38. The van der Waals surface area contributed by atoms with E-state index in [4.69, 9.17) is 4.74 Å². The predicted molar refractivity (Wildman–Crippen MR) is 49.4 cm³/mol. The Hall–Kier alpha value is -1.39. The summed E-state index contributed by atoms with van der Waals surface area (Å²) in [5, 5.41) is 0. The van der Waals surface area contributed by atoms with Gasteiger partial charge in [0.25, 0.3) is 5.91 Å². The van der Waals surface area contributed by atoms with E-state index in [1.807, 2.05) is 25.1 Å². The van der Waals surface area contributed by atoms with Gasteiger partial charge in [-0.1, -0.05) is 17.7 Å². The summed E-state index contributed by atoms with van der Waals surface area (Å²) in [5.41, 5.74) is 8.19. The van der Waals surface area contributed by atoms with Crippen molar-refractivity contribution in [3.8, 4) is 0 Å². The average molecular weight is 190 g/mol. The van der Waals surface area contributed by atoms with Crippen LogP contribution >= 0.6 is 0 Å². The zero-order chi connectivity index (χ0) is 9.71. The van der Waals surface area contributed by atoms with Crippen molar-refractivity contribution in [3.63, 3.8) is 0 Å². The maximum absolute atomic E-state index is 11.6. The second kappa shape index (κ2) is 2.56. The van der Waals surface area contributed by atoms with E-state index in [1.54, 1.807) is 0 Å². The molecule has 0 radical (unpaired) electrons. The predicted octanol–water partition coefficient (Wildman–Crippen LogP) is 0.640. The molecular weight excluding hydrogens is 180 g/mol. The van der Waals surface area contributed by atoms with Gasteiger partial charge in [-0.2, -0.15) is 0 Å². The van der Waals surface area contributed by atoms with Crippen molar-refractivity contribution >= 4 is 5.91 Å². The zero-order valence-electron chi connectivity index (χ0n) is 7.70. The molecule has 0 saturated carbocycles. The second-order valence-corrected chi connectivity index (χ2v) is 3.67. The number of benzene rings is 1. The minimum atomic E-state index is -0.0838. The molecule has 2 aliphatic heterocycles. The van der Waals surface area contributed by atoms with Gasteiger partial charge in [-0.3, -0.25) is 10.2 Å². The first-order chi connectivity index (χ1) is 6.75. The molecule has 72 valence electrons.